The number of hydrogen-bond acceptors (Lipinski definition) is 2. The van der Waals surface area contributed by atoms with E-state index in [1.54, 1.807) is 0 Å². The maximum Gasteiger partial charge on any atom is 0.249 e. The summed E-state index contributed by atoms with van der Waals surface area (Å²) in [5.74, 6) is 0.287. The van der Waals surface area contributed by atoms with Crippen molar-refractivity contribution < 1.29 is 9.59 Å². The molecule has 114 valence electrons. The second-order valence-electron chi connectivity index (χ2n) is 7.21. The van der Waals surface area contributed by atoms with Gasteiger partial charge in [-0.15, -0.1) is 0 Å². The quantitative estimate of drug-likeness (QED) is 0.840. The molecular weight excluding hydrogens is 252 g/mol. The van der Waals surface area contributed by atoms with Crippen molar-refractivity contribution in [3.05, 3.63) is 0 Å². The Morgan fingerprint density at radius 2 is 1.80 bits per heavy atom. The van der Waals surface area contributed by atoms with Crippen molar-refractivity contribution in [1.29, 1.82) is 0 Å². The summed E-state index contributed by atoms with van der Waals surface area (Å²) in [6.45, 7) is 10.9. The molecule has 4 nitrogen and oxygen atoms in total. The van der Waals surface area contributed by atoms with Gasteiger partial charge in [-0.05, 0) is 37.0 Å². The van der Waals surface area contributed by atoms with Crippen LogP contribution in [0.15, 0.2) is 0 Å². The largest absolute Gasteiger partial charge is 0.340 e. The molecule has 1 aliphatic heterocycles. The first-order valence-electron chi connectivity index (χ1n) is 7.91. The number of rotatable bonds is 5. The standard InChI is InChI=1S/C16H28N2O2/c1-6-16(7-2)14(20)18(10-15(5)8-9-15)12(11(3)4)13(19)17-16/h11-12H,6-10H2,1-5H3,(H,17,19). The second kappa shape index (κ2) is 5.05. The van der Waals surface area contributed by atoms with Gasteiger partial charge in [0.25, 0.3) is 0 Å². The maximum absolute atomic E-state index is 13.0. The molecule has 0 bridgehead atoms. The zero-order valence-electron chi connectivity index (χ0n) is 13.5. The molecule has 2 fully saturated rings. The minimum Gasteiger partial charge on any atom is -0.340 e. The maximum atomic E-state index is 13.0. The minimum atomic E-state index is -0.687. The lowest BCUT2D eigenvalue weighted by Gasteiger charge is -2.47. The molecule has 0 spiro atoms. The number of piperazine rings is 1. The summed E-state index contributed by atoms with van der Waals surface area (Å²) in [5, 5.41) is 3.02. The third kappa shape index (κ3) is 2.45. The highest BCUT2D eigenvalue weighted by Crippen LogP contribution is 2.46. The van der Waals surface area contributed by atoms with Crippen LogP contribution in [-0.4, -0.2) is 34.8 Å². The number of nitrogens with one attached hydrogen (secondary N) is 1. The van der Waals surface area contributed by atoms with E-state index in [2.05, 4.69) is 12.2 Å². The highest BCUT2D eigenvalue weighted by Gasteiger charge is 2.52. The van der Waals surface area contributed by atoms with Gasteiger partial charge in [0.1, 0.15) is 11.6 Å². The van der Waals surface area contributed by atoms with Crippen molar-refractivity contribution >= 4 is 11.8 Å². The van der Waals surface area contributed by atoms with Gasteiger partial charge in [-0.1, -0.05) is 34.6 Å². The molecule has 1 unspecified atom stereocenters. The normalized spacial score (nSPS) is 27.7. The van der Waals surface area contributed by atoms with Crippen LogP contribution >= 0.6 is 0 Å². The summed E-state index contributed by atoms with van der Waals surface area (Å²) in [6, 6.07) is -0.314. The van der Waals surface area contributed by atoms with Gasteiger partial charge in [0.05, 0.1) is 0 Å². The van der Waals surface area contributed by atoms with Crippen LogP contribution in [0, 0.1) is 11.3 Å². The lowest BCUT2D eigenvalue weighted by atomic mass is 9.84. The Morgan fingerprint density at radius 3 is 2.20 bits per heavy atom. The number of hydrogen-bond donors (Lipinski definition) is 1. The number of carbonyl (C=O) groups is 2. The van der Waals surface area contributed by atoms with Crippen molar-refractivity contribution in [2.45, 2.75) is 71.9 Å². The van der Waals surface area contributed by atoms with Gasteiger partial charge in [-0.2, -0.15) is 0 Å². The summed E-state index contributed by atoms with van der Waals surface area (Å²) in [6.07, 6.45) is 3.64. The Bertz CT molecular complexity index is 409. The van der Waals surface area contributed by atoms with Gasteiger partial charge in [0.2, 0.25) is 11.8 Å². The van der Waals surface area contributed by atoms with Crippen LogP contribution < -0.4 is 5.32 Å². The smallest absolute Gasteiger partial charge is 0.249 e. The SMILES string of the molecule is CCC1(CC)NC(=O)C(C(C)C)N(CC2(C)CC2)C1=O. The average Bonchev–Trinajstić information content (AvgIpc) is 3.11. The van der Waals surface area contributed by atoms with Gasteiger partial charge >= 0.3 is 0 Å². The number of nitrogens with zero attached hydrogens (tertiary/aromatic N) is 1. The van der Waals surface area contributed by atoms with Crippen LogP contribution in [0.5, 0.6) is 0 Å². The lowest BCUT2D eigenvalue weighted by molar-refractivity contribution is -0.158. The summed E-state index contributed by atoms with van der Waals surface area (Å²) >= 11 is 0. The third-order valence-corrected chi connectivity index (χ3v) is 5.13. The van der Waals surface area contributed by atoms with Crippen LogP contribution in [0.3, 0.4) is 0 Å². The van der Waals surface area contributed by atoms with Crippen LogP contribution in [-0.2, 0) is 9.59 Å². The molecule has 2 amide bonds. The molecule has 1 N–H and O–H groups in total. The van der Waals surface area contributed by atoms with Crippen LogP contribution in [0.1, 0.15) is 60.3 Å². The first-order valence-corrected chi connectivity index (χ1v) is 7.91. The van der Waals surface area contributed by atoms with E-state index in [1.807, 2.05) is 32.6 Å². The zero-order chi connectivity index (χ0) is 15.1. The fourth-order valence-electron chi connectivity index (χ4n) is 3.25. The molecule has 1 saturated carbocycles. The average molecular weight is 280 g/mol. The highest BCUT2D eigenvalue weighted by atomic mass is 16.2. The first-order chi connectivity index (χ1) is 9.28. The predicted molar refractivity (Wildman–Crippen MR) is 79.1 cm³/mol. The van der Waals surface area contributed by atoms with Gasteiger partial charge in [-0.25, -0.2) is 0 Å². The molecule has 4 heteroatoms. The molecule has 1 aliphatic carbocycles. The molecule has 1 saturated heterocycles. The molecule has 1 atom stereocenters. The third-order valence-electron chi connectivity index (χ3n) is 5.13. The van der Waals surface area contributed by atoms with E-state index in [1.165, 1.54) is 0 Å². The molecular formula is C16H28N2O2. The van der Waals surface area contributed by atoms with E-state index < -0.39 is 5.54 Å². The van der Waals surface area contributed by atoms with Crippen LogP contribution in [0.25, 0.3) is 0 Å². The summed E-state index contributed by atoms with van der Waals surface area (Å²) in [7, 11) is 0. The molecule has 0 aromatic rings. The molecule has 20 heavy (non-hydrogen) atoms. The van der Waals surface area contributed by atoms with E-state index >= 15 is 0 Å². The Morgan fingerprint density at radius 1 is 1.25 bits per heavy atom. The highest BCUT2D eigenvalue weighted by molar-refractivity contribution is 6.00. The number of amides is 2. The van der Waals surface area contributed by atoms with Crippen LogP contribution in [0.4, 0.5) is 0 Å². The molecule has 0 radical (unpaired) electrons. The van der Waals surface area contributed by atoms with Crippen LogP contribution in [0.2, 0.25) is 0 Å². The lowest BCUT2D eigenvalue weighted by Crippen LogP contribution is -2.71. The fraction of sp³-hybridized carbons (Fsp3) is 0.875. The fourth-order valence-corrected chi connectivity index (χ4v) is 3.25. The van der Waals surface area contributed by atoms with Gasteiger partial charge < -0.3 is 10.2 Å². The molecule has 1 heterocycles. The van der Waals surface area contributed by atoms with Crippen molar-refractivity contribution in [2.24, 2.45) is 11.3 Å². The van der Waals surface area contributed by atoms with Crippen molar-refractivity contribution in [3.63, 3.8) is 0 Å². The zero-order valence-corrected chi connectivity index (χ0v) is 13.5. The molecule has 2 rings (SSSR count). The Labute approximate surface area is 122 Å². The van der Waals surface area contributed by atoms with Gasteiger partial charge in [-0.3, -0.25) is 9.59 Å². The van der Waals surface area contributed by atoms with E-state index in [0.29, 0.717) is 12.8 Å². The second-order valence-corrected chi connectivity index (χ2v) is 7.21. The van der Waals surface area contributed by atoms with Gasteiger partial charge in [0, 0.05) is 6.54 Å². The minimum absolute atomic E-state index is 0.0209. The summed E-state index contributed by atoms with van der Waals surface area (Å²) in [5.41, 5.74) is -0.457. The predicted octanol–water partition coefficient (Wildman–Crippen LogP) is 2.33. The summed E-state index contributed by atoms with van der Waals surface area (Å²) in [4.78, 5) is 27.4. The summed E-state index contributed by atoms with van der Waals surface area (Å²) < 4.78 is 0. The molecule has 0 aromatic carbocycles. The molecule has 2 aliphatic rings. The van der Waals surface area contributed by atoms with E-state index in [4.69, 9.17) is 0 Å². The Balaban J connectivity index is 2.33. The van der Waals surface area contributed by atoms with Crippen molar-refractivity contribution in [1.82, 2.24) is 10.2 Å². The Hall–Kier alpha value is -1.06. The van der Waals surface area contributed by atoms with Crippen molar-refractivity contribution in [3.8, 4) is 0 Å². The number of carbonyl (C=O) groups excluding carboxylic acids is 2. The van der Waals surface area contributed by atoms with E-state index in [9.17, 15) is 9.59 Å². The van der Waals surface area contributed by atoms with Gasteiger partial charge in [0.15, 0.2) is 0 Å². The van der Waals surface area contributed by atoms with E-state index in [0.717, 1.165) is 19.4 Å². The molecule has 0 aromatic heterocycles. The Kier molecular flexibility index (Phi) is 3.87. The monoisotopic (exact) mass is 280 g/mol. The topological polar surface area (TPSA) is 49.4 Å². The first kappa shape index (κ1) is 15.3. The van der Waals surface area contributed by atoms with E-state index in [-0.39, 0.29) is 29.2 Å². The van der Waals surface area contributed by atoms with Crippen molar-refractivity contribution in [2.75, 3.05) is 6.54 Å².